The molecule has 5 nitrogen and oxygen atoms in total. The van der Waals surface area contributed by atoms with E-state index >= 15 is 0 Å². The molecule has 1 N–H and O–H groups in total. The number of hydrogen-bond acceptors (Lipinski definition) is 3. The summed E-state index contributed by atoms with van der Waals surface area (Å²) in [6.45, 7) is 1.76. The van der Waals surface area contributed by atoms with Gasteiger partial charge in [0, 0.05) is 4.47 Å². The van der Waals surface area contributed by atoms with E-state index in [4.69, 9.17) is 0 Å². The first-order valence-corrected chi connectivity index (χ1v) is 5.25. The number of hydrogen-bond donors (Lipinski definition) is 1. The summed E-state index contributed by atoms with van der Waals surface area (Å²) < 4.78 is 0.730. The van der Waals surface area contributed by atoms with Crippen LogP contribution in [-0.2, 0) is 9.59 Å². The first-order chi connectivity index (χ1) is 7.50. The molecule has 2 rings (SSSR count). The number of benzene rings is 1. The highest BCUT2D eigenvalue weighted by atomic mass is 79.9. The number of nitrogens with one attached hydrogen (secondary N) is 1. The van der Waals surface area contributed by atoms with E-state index in [0.717, 1.165) is 14.9 Å². The molecule has 16 heavy (non-hydrogen) atoms. The van der Waals surface area contributed by atoms with Gasteiger partial charge in [-0.1, -0.05) is 22.0 Å². The minimum atomic E-state index is -0.899. The molecule has 1 saturated heterocycles. The first kappa shape index (κ1) is 10.8. The van der Waals surface area contributed by atoms with E-state index in [1.165, 1.54) is 0 Å². The van der Waals surface area contributed by atoms with Crippen molar-refractivity contribution in [1.29, 1.82) is 0 Å². The van der Waals surface area contributed by atoms with Crippen molar-refractivity contribution in [2.45, 2.75) is 6.92 Å². The number of urea groups is 1. The van der Waals surface area contributed by atoms with Gasteiger partial charge in [0.2, 0.25) is 0 Å². The van der Waals surface area contributed by atoms with Crippen LogP contribution >= 0.6 is 15.9 Å². The number of carbonyl (C=O) groups is 3. The van der Waals surface area contributed by atoms with Gasteiger partial charge in [0.25, 0.3) is 0 Å². The predicted octanol–water partition coefficient (Wildman–Crippen LogP) is 1.34. The average Bonchev–Trinajstić information content (AvgIpc) is 2.46. The van der Waals surface area contributed by atoms with Gasteiger partial charge < -0.3 is 0 Å². The standard InChI is InChI=1S/C10H7BrN2O3/c1-5-2-3-6(11)4-7(5)13-9(15)8(14)12-10(13)16/h2-4H,1H3,(H,12,14,16). The highest BCUT2D eigenvalue weighted by Gasteiger charge is 2.38. The second kappa shape index (κ2) is 3.71. The summed E-state index contributed by atoms with van der Waals surface area (Å²) >= 11 is 3.24. The van der Waals surface area contributed by atoms with Gasteiger partial charge in [0.05, 0.1) is 5.69 Å². The highest BCUT2D eigenvalue weighted by Crippen LogP contribution is 2.26. The molecule has 1 aliphatic heterocycles. The van der Waals surface area contributed by atoms with Crippen molar-refractivity contribution in [2.24, 2.45) is 0 Å². The Labute approximate surface area is 99.5 Å². The number of carbonyl (C=O) groups excluding carboxylic acids is 3. The van der Waals surface area contributed by atoms with Crippen LogP contribution in [0.1, 0.15) is 5.56 Å². The SMILES string of the molecule is Cc1ccc(Br)cc1N1C(=O)NC(=O)C1=O. The van der Waals surface area contributed by atoms with Crippen LogP contribution in [0.25, 0.3) is 0 Å². The van der Waals surface area contributed by atoms with Crippen molar-refractivity contribution in [1.82, 2.24) is 5.32 Å². The zero-order chi connectivity index (χ0) is 11.9. The molecule has 1 aliphatic rings. The van der Waals surface area contributed by atoms with E-state index in [1.54, 1.807) is 25.1 Å². The molecule has 82 valence electrons. The van der Waals surface area contributed by atoms with Crippen LogP contribution in [0.15, 0.2) is 22.7 Å². The van der Waals surface area contributed by atoms with Crippen LogP contribution in [0.4, 0.5) is 10.5 Å². The Morgan fingerprint density at radius 1 is 1.25 bits per heavy atom. The molecule has 0 aromatic heterocycles. The third-order valence-corrected chi connectivity index (χ3v) is 2.73. The molecule has 1 fully saturated rings. The van der Waals surface area contributed by atoms with E-state index < -0.39 is 17.8 Å². The Hall–Kier alpha value is -1.69. The molecule has 0 spiro atoms. The van der Waals surface area contributed by atoms with Gasteiger partial charge in [-0.05, 0) is 24.6 Å². The number of imide groups is 2. The van der Waals surface area contributed by atoms with Gasteiger partial charge >= 0.3 is 17.8 Å². The lowest BCUT2D eigenvalue weighted by molar-refractivity contribution is -0.134. The fourth-order valence-electron chi connectivity index (χ4n) is 1.44. The second-order valence-electron chi connectivity index (χ2n) is 3.33. The van der Waals surface area contributed by atoms with E-state index in [2.05, 4.69) is 15.9 Å². The van der Waals surface area contributed by atoms with Gasteiger partial charge in [-0.2, -0.15) is 0 Å². The van der Waals surface area contributed by atoms with Crippen molar-refractivity contribution in [3.63, 3.8) is 0 Å². The monoisotopic (exact) mass is 282 g/mol. The van der Waals surface area contributed by atoms with Gasteiger partial charge in [-0.15, -0.1) is 0 Å². The first-order valence-electron chi connectivity index (χ1n) is 4.46. The maximum atomic E-state index is 11.5. The third kappa shape index (κ3) is 1.61. The Kier molecular flexibility index (Phi) is 2.51. The quantitative estimate of drug-likeness (QED) is 0.624. The van der Waals surface area contributed by atoms with E-state index in [9.17, 15) is 14.4 Å². The molecule has 1 aromatic rings. The molecule has 0 atom stereocenters. The van der Waals surface area contributed by atoms with Crippen molar-refractivity contribution in [3.05, 3.63) is 28.2 Å². The lowest BCUT2D eigenvalue weighted by Crippen LogP contribution is -2.31. The summed E-state index contributed by atoms with van der Waals surface area (Å²) in [5, 5.41) is 1.95. The summed E-state index contributed by atoms with van der Waals surface area (Å²) in [6, 6.07) is 4.45. The van der Waals surface area contributed by atoms with E-state index in [1.807, 2.05) is 5.32 Å². The minimum Gasteiger partial charge on any atom is -0.269 e. The summed E-state index contributed by atoms with van der Waals surface area (Å²) in [7, 11) is 0. The van der Waals surface area contributed by atoms with Crippen molar-refractivity contribution < 1.29 is 14.4 Å². The number of anilines is 1. The van der Waals surface area contributed by atoms with Crippen molar-refractivity contribution >= 4 is 39.5 Å². The molecule has 0 aliphatic carbocycles. The van der Waals surface area contributed by atoms with Crippen LogP contribution in [0, 0.1) is 6.92 Å². The Morgan fingerprint density at radius 2 is 1.94 bits per heavy atom. The normalized spacial score (nSPS) is 15.6. The molecule has 0 unspecified atom stereocenters. The molecular weight excluding hydrogens is 276 g/mol. The van der Waals surface area contributed by atoms with Crippen LogP contribution < -0.4 is 10.2 Å². The summed E-state index contributed by atoms with van der Waals surface area (Å²) in [4.78, 5) is 34.7. The average molecular weight is 283 g/mol. The number of rotatable bonds is 1. The number of amides is 4. The fourth-order valence-corrected chi connectivity index (χ4v) is 1.79. The Morgan fingerprint density at radius 3 is 2.50 bits per heavy atom. The largest absolute Gasteiger partial charge is 0.336 e. The summed E-state index contributed by atoms with van der Waals surface area (Å²) in [6.07, 6.45) is 0. The Balaban J connectivity index is 2.52. The topological polar surface area (TPSA) is 66.5 Å². The lowest BCUT2D eigenvalue weighted by Gasteiger charge is -2.14. The molecule has 0 bridgehead atoms. The van der Waals surface area contributed by atoms with Crippen molar-refractivity contribution in [2.75, 3.05) is 4.90 Å². The summed E-state index contributed by atoms with van der Waals surface area (Å²) in [5.74, 6) is -1.75. The summed E-state index contributed by atoms with van der Waals surface area (Å²) in [5.41, 5.74) is 1.14. The third-order valence-electron chi connectivity index (χ3n) is 2.23. The second-order valence-corrected chi connectivity index (χ2v) is 4.25. The van der Waals surface area contributed by atoms with Crippen LogP contribution in [0.5, 0.6) is 0 Å². The number of aryl methyl sites for hydroxylation is 1. The fraction of sp³-hybridized carbons (Fsp3) is 0.100. The molecule has 1 aromatic carbocycles. The maximum absolute atomic E-state index is 11.5. The molecule has 0 saturated carbocycles. The molecular formula is C10H7BrN2O3. The number of halogens is 1. The molecule has 4 amide bonds. The lowest BCUT2D eigenvalue weighted by atomic mass is 10.2. The van der Waals surface area contributed by atoms with Gasteiger partial charge in [-0.3, -0.25) is 14.9 Å². The highest BCUT2D eigenvalue weighted by molar-refractivity contribution is 9.10. The number of nitrogens with zero attached hydrogens (tertiary/aromatic N) is 1. The molecule has 0 radical (unpaired) electrons. The van der Waals surface area contributed by atoms with E-state index in [0.29, 0.717) is 5.69 Å². The van der Waals surface area contributed by atoms with E-state index in [-0.39, 0.29) is 0 Å². The molecule has 1 heterocycles. The zero-order valence-corrected chi connectivity index (χ0v) is 9.87. The van der Waals surface area contributed by atoms with Crippen LogP contribution in [0.2, 0.25) is 0 Å². The zero-order valence-electron chi connectivity index (χ0n) is 8.28. The minimum absolute atomic E-state index is 0.405. The maximum Gasteiger partial charge on any atom is 0.336 e. The van der Waals surface area contributed by atoms with Crippen LogP contribution in [0.3, 0.4) is 0 Å². The molecule has 6 heteroatoms. The van der Waals surface area contributed by atoms with Crippen LogP contribution in [-0.4, -0.2) is 17.8 Å². The van der Waals surface area contributed by atoms with Crippen molar-refractivity contribution in [3.8, 4) is 0 Å². The smallest absolute Gasteiger partial charge is 0.269 e. The predicted molar refractivity (Wildman–Crippen MR) is 59.9 cm³/mol. The Bertz CT molecular complexity index is 513. The van der Waals surface area contributed by atoms with Gasteiger partial charge in [-0.25, -0.2) is 9.69 Å². The van der Waals surface area contributed by atoms with Gasteiger partial charge in [0.1, 0.15) is 0 Å². The van der Waals surface area contributed by atoms with Gasteiger partial charge in [0.15, 0.2) is 0 Å².